The molecule has 0 unspecified atom stereocenters. The van der Waals surface area contributed by atoms with Crippen LogP contribution in [-0.4, -0.2) is 11.0 Å². The molecule has 0 saturated heterocycles. The molecule has 1 amide bonds. The third-order valence-corrected chi connectivity index (χ3v) is 2.74. The number of hydrogen-bond acceptors (Lipinski definition) is 3. The van der Waals surface area contributed by atoms with Crippen molar-refractivity contribution < 1.29 is 18.7 Å². The zero-order valence-electron chi connectivity index (χ0n) is 10.4. The highest BCUT2D eigenvalue weighted by molar-refractivity contribution is 6.05. The second-order valence-electron chi connectivity index (χ2n) is 4.13. The van der Waals surface area contributed by atoms with Crippen LogP contribution in [0.25, 0.3) is 0 Å². The first-order chi connectivity index (χ1) is 9.52. The van der Waals surface area contributed by atoms with E-state index in [2.05, 4.69) is 5.32 Å². The number of benzene rings is 2. The standard InChI is InChI=1S/C14H12F2N2O2/c15-10-5-6-11(17)13(16)12(10)14(20)18-9-3-1-8(7-19)2-4-9/h1-6,19H,7,17H2,(H,18,20). The summed E-state index contributed by atoms with van der Waals surface area (Å²) in [4.78, 5) is 11.9. The zero-order chi connectivity index (χ0) is 14.7. The fraction of sp³-hybridized carbons (Fsp3) is 0.0714. The van der Waals surface area contributed by atoms with Gasteiger partial charge in [0.1, 0.15) is 11.4 Å². The third-order valence-electron chi connectivity index (χ3n) is 2.74. The Morgan fingerprint density at radius 3 is 2.40 bits per heavy atom. The molecule has 0 heterocycles. The maximum Gasteiger partial charge on any atom is 0.261 e. The Morgan fingerprint density at radius 2 is 1.80 bits per heavy atom. The van der Waals surface area contributed by atoms with Crippen molar-refractivity contribution in [1.29, 1.82) is 0 Å². The van der Waals surface area contributed by atoms with Gasteiger partial charge in [0.15, 0.2) is 5.82 Å². The summed E-state index contributed by atoms with van der Waals surface area (Å²) in [6.45, 7) is -0.132. The van der Waals surface area contributed by atoms with Gasteiger partial charge in [-0.1, -0.05) is 12.1 Å². The molecule has 0 aliphatic rings. The number of halogens is 2. The average molecular weight is 278 g/mol. The van der Waals surface area contributed by atoms with E-state index in [4.69, 9.17) is 10.8 Å². The molecule has 6 heteroatoms. The van der Waals surface area contributed by atoms with Gasteiger partial charge in [-0.3, -0.25) is 4.79 Å². The molecule has 4 nitrogen and oxygen atoms in total. The van der Waals surface area contributed by atoms with Crippen molar-refractivity contribution in [2.24, 2.45) is 0 Å². The predicted octanol–water partition coefficient (Wildman–Crippen LogP) is 2.29. The summed E-state index contributed by atoms with van der Waals surface area (Å²) in [5.41, 5.74) is 5.30. The summed E-state index contributed by atoms with van der Waals surface area (Å²) in [7, 11) is 0. The molecule has 0 aliphatic heterocycles. The number of aliphatic hydroxyl groups is 1. The average Bonchev–Trinajstić information content (AvgIpc) is 2.44. The molecular weight excluding hydrogens is 266 g/mol. The smallest absolute Gasteiger partial charge is 0.261 e. The molecule has 0 aromatic heterocycles. The first-order valence-corrected chi connectivity index (χ1v) is 5.77. The largest absolute Gasteiger partial charge is 0.396 e. The Bertz CT molecular complexity index is 642. The summed E-state index contributed by atoms with van der Waals surface area (Å²) in [6, 6.07) is 8.19. The summed E-state index contributed by atoms with van der Waals surface area (Å²) < 4.78 is 27.2. The van der Waals surface area contributed by atoms with Gasteiger partial charge in [-0.15, -0.1) is 0 Å². The monoisotopic (exact) mass is 278 g/mol. The number of rotatable bonds is 3. The third kappa shape index (κ3) is 2.75. The van der Waals surface area contributed by atoms with Crippen molar-refractivity contribution in [2.45, 2.75) is 6.61 Å². The van der Waals surface area contributed by atoms with Crippen LogP contribution < -0.4 is 11.1 Å². The van der Waals surface area contributed by atoms with Gasteiger partial charge >= 0.3 is 0 Å². The van der Waals surface area contributed by atoms with E-state index < -0.39 is 23.1 Å². The number of nitrogen functional groups attached to an aromatic ring is 1. The number of carbonyl (C=O) groups is 1. The second kappa shape index (κ2) is 5.66. The number of nitrogens with one attached hydrogen (secondary N) is 1. The number of aliphatic hydroxyl groups excluding tert-OH is 1. The first kappa shape index (κ1) is 14.0. The molecule has 2 aromatic rings. The fourth-order valence-electron chi connectivity index (χ4n) is 1.66. The van der Waals surface area contributed by atoms with E-state index in [1.165, 1.54) is 12.1 Å². The summed E-state index contributed by atoms with van der Waals surface area (Å²) in [6.07, 6.45) is 0. The van der Waals surface area contributed by atoms with Crippen LogP contribution in [0.15, 0.2) is 36.4 Å². The molecule has 0 bridgehead atoms. The van der Waals surface area contributed by atoms with Gasteiger partial charge < -0.3 is 16.2 Å². The number of amides is 1. The summed E-state index contributed by atoms with van der Waals surface area (Å²) in [5, 5.41) is 11.3. The summed E-state index contributed by atoms with van der Waals surface area (Å²) in [5.74, 6) is -3.00. The van der Waals surface area contributed by atoms with Gasteiger partial charge in [0.2, 0.25) is 0 Å². The van der Waals surface area contributed by atoms with Crippen LogP contribution in [0.5, 0.6) is 0 Å². The van der Waals surface area contributed by atoms with Gasteiger partial charge in [-0.2, -0.15) is 0 Å². The molecule has 104 valence electrons. The maximum atomic E-state index is 13.7. The maximum absolute atomic E-state index is 13.7. The lowest BCUT2D eigenvalue weighted by Crippen LogP contribution is -2.16. The van der Waals surface area contributed by atoms with Crippen molar-refractivity contribution in [3.63, 3.8) is 0 Å². The van der Waals surface area contributed by atoms with Crippen LogP contribution in [0.3, 0.4) is 0 Å². The van der Waals surface area contributed by atoms with E-state index in [1.807, 2.05) is 0 Å². The van der Waals surface area contributed by atoms with Gasteiger partial charge in [0.05, 0.1) is 12.3 Å². The quantitative estimate of drug-likeness (QED) is 0.754. The molecule has 0 saturated carbocycles. The Labute approximate surface area is 113 Å². The normalized spacial score (nSPS) is 10.3. The van der Waals surface area contributed by atoms with E-state index in [0.29, 0.717) is 11.3 Å². The van der Waals surface area contributed by atoms with E-state index in [-0.39, 0.29) is 12.3 Å². The highest BCUT2D eigenvalue weighted by Gasteiger charge is 2.19. The van der Waals surface area contributed by atoms with Crippen molar-refractivity contribution in [3.05, 3.63) is 59.2 Å². The minimum Gasteiger partial charge on any atom is -0.396 e. The van der Waals surface area contributed by atoms with Crippen LogP contribution in [0.4, 0.5) is 20.2 Å². The molecule has 2 aromatic carbocycles. The van der Waals surface area contributed by atoms with Crippen LogP contribution in [0.1, 0.15) is 15.9 Å². The van der Waals surface area contributed by atoms with Crippen molar-refractivity contribution >= 4 is 17.3 Å². The second-order valence-corrected chi connectivity index (χ2v) is 4.13. The van der Waals surface area contributed by atoms with Crippen molar-refractivity contribution in [1.82, 2.24) is 0 Å². The Hall–Kier alpha value is -2.47. The molecule has 2 rings (SSSR count). The molecular formula is C14H12F2N2O2. The first-order valence-electron chi connectivity index (χ1n) is 5.77. The zero-order valence-corrected chi connectivity index (χ0v) is 10.4. The van der Waals surface area contributed by atoms with Gasteiger partial charge in [-0.25, -0.2) is 8.78 Å². The SMILES string of the molecule is Nc1ccc(F)c(C(=O)Nc2ccc(CO)cc2)c1F. The van der Waals surface area contributed by atoms with E-state index in [1.54, 1.807) is 12.1 Å². The van der Waals surface area contributed by atoms with Gasteiger partial charge in [0.25, 0.3) is 5.91 Å². The highest BCUT2D eigenvalue weighted by Crippen LogP contribution is 2.20. The molecule has 0 spiro atoms. The van der Waals surface area contributed by atoms with Crippen molar-refractivity contribution in [2.75, 3.05) is 11.1 Å². The van der Waals surface area contributed by atoms with E-state index >= 15 is 0 Å². The predicted molar refractivity (Wildman–Crippen MR) is 71.1 cm³/mol. The summed E-state index contributed by atoms with van der Waals surface area (Å²) >= 11 is 0. The minimum absolute atomic E-state index is 0.132. The molecule has 0 aliphatic carbocycles. The molecule has 0 atom stereocenters. The topological polar surface area (TPSA) is 75.4 Å². The lowest BCUT2D eigenvalue weighted by atomic mass is 10.1. The van der Waals surface area contributed by atoms with Crippen molar-refractivity contribution in [3.8, 4) is 0 Å². The number of anilines is 2. The molecule has 4 N–H and O–H groups in total. The van der Waals surface area contributed by atoms with Crippen LogP contribution in [0.2, 0.25) is 0 Å². The number of hydrogen-bond donors (Lipinski definition) is 3. The molecule has 0 fully saturated rings. The number of nitrogens with two attached hydrogens (primary N) is 1. The van der Waals surface area contributed by atoms with Crippen LogP contribution >= 0.6 is 0 Å². The molecule has 0 radical (unpaired) electrons. The van der Waals surface area contributed by atoms with Gasteiger partial charge in [-0.05, 0) is 29.8 Å². The lowest BCUT2D eigenvalue weighted by molar-refractivity contribution is 0.101. The molecule has 20 heavy (non-hydrogen) atoms. The highest BCUT2D eigenvalue weighted by atomic mass is 19.1. The Morgan fingerprint density at radius 1 is 1.15 bits per heavy atom. The Balaban J connectivity index is 2.26. The van der Waals surface area contributed by atoms with Gasteiger partial charge in [0, 0.05) is 5.69 Å². The van der Waals surface area contributed by atoms with E-state index in [0.717, 1.165) is 12.1 Å². The lowest BCUT2D eigenvalue weighted by Gasteiger charge is -2.09. The fourth-order valence-corrected chi connectivity index (χ4v) is 1.66. The van der Waals surface area contributed by atoms with E-state index in [9.17, 15) is 13.6 Å². The minimum atomic E-state index is -1.09. The Kier molecular flexibility index (Phi) is 3.95. The number of carbonyl (C=O) groups excluding carboxylic acids is 1. The van der Waals surface area contributed by atoms with Crippen LogP contribution in [-0.2, 0) is 6.61 Å². The van der Waals surface area contributed by atoms with Crippen LogP contribution in [0, 0.1) is 11.6 Å².